The molecule has 0 unspecified atom stereocenters. The number of amides is 1. The van der Waals surface area contributed by atoms with Gasteiger partial charge in [-0.15, -0.1) is 10.2 Å². The Labute approximate surface area is 233 Å². The van der Waals surface area contributed by atoms with E-state index in [0.29, 0.717) is 35.3 Å². The van der Waals surface area contributed by atoms with Crippen molar-refractivity contribution in [2.75, 3.05) is 13.7 Å². The summed E-state index contributed by atoms with van der Waals surface area (Å²) in [5, 5.41) is 14.8. The Morgan fingerprint density at radius 3 is 2.42 bits per heavy atom. The minimum atomic E-state index is -0.942. The monoisotopic (exact) mass is 569 g/mol. The molecule has 0 aliphatic heterocycles. The number of nitrogens with zero attached hydrogens (tertiary/aromatic N) is 4. The third-order valence-corrected chi connectivity index (χ3v) is 7.05. The predicted octanol–water partition coefficient (Wildman–Crippen LogP) is 5.75. The molecule has 5 rings (SSSR count). The summed E-state index contributed by atoms with van der Waals surface area (Å²) in [5.41, 5.74) is 1.08. The number of methoxy groups -OCH3 is 1. The van der Waals surface area contributed by atoms with Crippen molar-refractivity contribution in [2.45, 2.75) is 38.2 Å². The number of nitrogens with one attached hydrogen (secondary N) is 1. The van der Waals surface area contributed by atoms with Crippen molar-refractivity contribution in [3.63, 3.8) is 0 Å². The summed E-state index contributed by atoms with van der Waals surface area (Å²) < 4.78 is 45.1. The molecule has 2 heterocycles. The number of halogens is 3. The maximum atomic E-state index is 14.6. The lowest BCUT2D eigenvalue weighted by Gasteiger charge is -2.26. The molecule has 2 aromatic heterocycles. The number of carbonyl (C=O) groups excluding carboxylic acids is 1. The molecule has 0 atom stereocenters. The van der Waals surface area contributed by atoms with Gasteiger partial charge in [0.15, 0.2) is 22.5 Å². The van der Waals surface area contributed by atoms with E-state index in [9.17, 15) is 13.6 Å². The van der Waals surface area contributed by atoms with Crippen molar-refractivity contribution in [1.29, 1.82) is 0 Å². The van der Waals surface area contributed by atoms with Crippen LogP contribution in [0.2, 0.25) is 5.15 Å². The maximum absolute atomic E-state index is 14.6. The van der Waals surface area contributed by atoms with E-state index in [4.69, 9.17) is 25.6 Å². The Morgan fingerprint density at radius 2 is 1.77 bits per heavy atom. The van der Waals surface area contributed by atoms with Crippen LogP contribution in [0.15, 0.2) is 53.1 Å². The van der Waals surface area contributed by atoms with Crippen LogP contribution in [0.4, 0.5) is 8.78 Å². The number of aromatic nitrogens is 4. The minimum absolute atomic E-state index is 0.0355. The van der Waals surface area contributed by atoms with Crippen LogP contribution >= 0.6 is 11.6 Å². The van der Waals surface area contributed by atoms with Crippen molar-refractivity contribution >= 4 is 17.5 Å². The second-order valence-corrected chi connectivity index (χ2v) is 9.92. The minimum Gasteiger partial charge on any atom is -0.497 e. The predicted molar refractivity (Wildman–Crippen MR) is 141 cm³/mol. The van der Waals surface area contributed by atoms with Gasteiger partial charge >= 0.3 is 0 Å². The van der Waals surface area contributed by atoms with Gasteiger partial charge in [0, 0.05) is 18.0 Å². The SMILES string of the molecule is COc1ccc(COc2c(F)cc(C(=O)NCC3CCC(c4nc(-c5ccc(Cl)nn5)no4)CC3)cc2F)cc1. The lowest BCUT2D eigenvalue weighted by Crippen LogP contribution is -2.31. The van der Waals surface area contributed by atoms with Crippen LogP contribution in [0, 0.1) is 17.6 Å². The molecule has 4 aromatic rings. The molecule has 12 heteroatoms. The van der Waals surface area contributed by atoms with Crippen molar-refractivity contribution in [1.82, 2.24) is 25.7 Å². The highest BCUT2D eigenvalue weighted by atomic mass is 35.5. The highest BCUT2D eigenvalue weighted by molar-refractivity contribution is 6.29. The van der Waals surface area contributed by atoms with Gasteiger partial charge in [0.25, 0.3) is 5.91 Å². The van der Waals surface area contributed by atoms with Crippen LogP contribution in [0.25, 0.3) is 11.5 Å². The summed E-state index contributed by atoms with van der Waals surface area (Å²) >= 11 is 5.77. The quantitative estimate of drug-likeness (QED) is 0.271. The van der Waals surface area contributed by atoms with Crippen LogP contribution < -0.4 is 14.8 Å². The fraction of sp³-hybridized carbons (Fsp3) is 0.321. The van der Waals surface area contributed by atoms with E-state index < -0.39 is 23.3 Å². The highest BCUT2D eigenvalue weighted by Gasteiger charge is 2.27. The Morgan fingerprint density at radius 1 is 1.05 bits per heavy atom. The van der Waals surface area contributed by atoms with E-state index in [2.05, 4.69) is 25.7 Å². The first kappa shape index (κ1) is 27.4. The van der Waals surface area contributed by atoms with Gasteiger partial charge in [-0.3, -0.25) is 4.79 Å². The van der Waals surface area contributed by atoms with Gasteiger partial charge in [-0.2, -0.15) is 4.98 Å². The van der Waals surface area contributed by atoms with E-state index in [0.717, 1.165) is 37.8 Å². The zero-order valence-corrected chi connectivity index (χ0v) is 22.3. The summed E-state index contributed by atoms with van der Waals surface area (Å²) in [4.78, 5) is 17.1. The molecule has 1 N–H and O–H groups in total. The molecule has 1 aliphatic rings. The lowest BCUT2D eigenvalue weighted by molar-refractivity contribution is 0.0941. The molecular formula is C28H26ClF2N5O4. The van der Waals surface area contributed by atoms with Crippen LogP contribution in [-0.4, -0.2) is 39.9 Å². The average Bonchev–Trinajstić information content (AvgIpc) is 3.47. The van der Waals surface area contributed by atoms with Crippen molar-refractivity contribution < 1.29 is 27.6 Å². The standard InChI is InChI=1S/C28H26ClF2N5O4/c1-38-20-8-4-17(5-9-20)15-39-25-21(30)12-19(13-22(25)31)27(37)32-14-16-2-6-18(7-3-16)28-33-26(36-40-28)23-10-11-24(29)35-34-23/h4-5,8-13,16,18H,2-3,6-7,14-15H2,1H3,(H,32,37). The fourth-order valence-electron chi connectivity index (χ4n) is 4.60. The lowest BCUT2D eigenvalue weighted by atomic mass is 9.82. The number of ether oxygens (including phenoxy) is 2. The molecule has 1 aliphatic carbocycles. The number of hydrogen-bond donors (Lipinski definition) is 1. The third-order valence-electron chi connectivity index (χ3n) is 6.85. The van der Waals surface area contributed by atoms with E-state index >= 15 is 0 Å². The maximum Gasteiger partial charge on any atom is 0.251 e. The van der Waals surface area contributed by atoms with Crippen LogP contribution in [0.1, 0.15) is 53.4 Å². The molecule has 40 heavy (non-hydrogen) atoms. The molecule has 1 saturated carbocycles. The summed E-state index contributed by atoms with van der Waals surface area (Å²) in [6, 6.07) is 12.2. The Hall–Kier alpha value is -4.12. The zero-order chi connectivity index (χ0) is 28.1. The normalized spacial score (nSPS) is 16.9. The first-order valence-electron chi connectivity index (χ1n) is 12.8. The summed E-state index contributed by atoms with van der Waals surface area (Å²) in [7, 11) is 1.55. The number of hydrogen-bond acceptors (Lipinski definition) is 8. The first-order valence-corrected chi connectivity index (χ1v) is 13.1. The average molecular weight is 570 g/mol. The van der Waals surface area contributed by atoms with Crippen molar-refractivity contribution in [2.24, 2.45) is 5.92 Å². The van der Waals surface area contributed by atoms with Gasteiger partial charge in [-0.1, -0.05) is 28.9 Å². The molecule has 1 amide bonds. The Kier molecular flexibility index (Phi) is 8.49. The molecule has 1 fully saturated rings. The molecule has 0 radical (unpaired) electrons. The van der Waals surface area contributed by atoms with E-state index in [1.165, 1.54) is 0 Å². The summed E-state index contributed by atoms with van der Waals surface area (Å²) in [6.07, 6.45) is 3.25. The number of rotatable bonds is 9. The molecular weight excluding hydrogens is 544 g/mol. The molecule has 9 nitrogen and oxygen atoms in total. The Bertz CT molecular complexity index is 1440. The highest BCUT2D eigenvalue weighted by Crippen LogP contribution is 2.35. The smallest absolute Gasteiger partial charge is 0.251 e. The molecule has 0 spiro atoms. The van der Waals surface area contributed by atoms with Gasteiger partial charge in [-0.25, -0.2) is 8.78 Å². The zero-order valence-electron chi connectivity index (χ0n) is 21.6. The van der Waals surface area contributed by atoms with Gasteiger partial charge in [0.1, 0.15) is 18.1 Å². The van der Waals surface area contributed by atoms with E-state index in [1.807, 2.05) is 0 Å². The van der Waals surface area contributed by atoms with E-state index in [-0.39, 0.29) is 29.2 Å². The van der Waals surface area contributed by atoms with Crippen LogP contribution in [0.3, 0.4) is 0 Å². The van der Waals surface area contributed by atoms with E-state index in [1.54, 1.807) is 43.5 Å². The Balaban J connectivity index is 1.10. The number of carbonyl (C=O) groups is 1. The van der Waals surface area contributed by atoms with Gasteiger partial charge in [-0.05, 0) is 73.6 Å². The van der Waals surface area contributed by atoms with Gasteiger partial charge in [0.2, 0.25) is 11.7 Å². The van der Waals surface area contributed by atoms with Crippen LogP contribution in [0.5, 0.6) is 11.5 Å². The fourth-order valence-corrected chi connectivity index (χ4v) is 4.70. The van der Waals surface area contributed by atoms with Crippen molar-refractivity contribution in [3.8, 4) is 23.0 Å². The second kappa shape index (κ2) is 12.4. The third kappa shape index (κ3) is 6.53. The topological polar surface area (TPSA) is 112 Å². The van der Waals surface area contributed by atoms with Crippen LogP contribution in [-0.2, 0) is 6.61 Å². The molecule has 2 aromatic carbocycles. The molecule has 0 saturated heterocycles. The molecule has 0 bridgehead atoms. The summed E-state index contributed by atoms with van der Waals surface area (Å²) in [5.74, 6) is -1.10. The van der Waals surface area contributed by atoms with Crippen molar-refractivity contribution in [3.05, 3.63) is 82.3 Å². The molecule has 208 valence electrons. The largest absolute Gasteiger partial charge is 0.497 e. The second-order valence-electron chi connectivity index (χ2n) is 9.53. The number of benzene rings is 2. The van der Waals surface area contributed by atoms with Gasteiger partial charge in [0.05, 0.1) is 7.11 Å². The summed E-state index contributed by atoms with van der Waals surface area (Å²) in [6.45, 7) is 0.353. The first-order chi connectivity index (χ1) is 19.4. The van der Waals surface area contributed by atoms with Gasteiger partial charge < -0.3 is 19.3 Å².